The largest absolute Gasteiger partial charge is 0.466 e. The van der Waals surface area contributed by atoms with E-state index in [2.05, 4.69) is 5.32 Å². The molecule has 118 valence electrons. The molecule has 0 aliphatic carbocycles. The van der Waals surface area contributed by atoms with Gasteiger partial charge in [-0.1, -0.05) is 29.8 Å². The van der Waals surface area contributed by atoms with Crippen LogP contribution in [0.5, 0.6) is 0 Å². The molecular formula is C17H20ClNO3. The van der Waals surface area contributed by atoms with Crippen molar-refractivity contribution in [3.8, 4) is 0 Å². The Hall–Kier alpha value is -1.78. The van der Waals surface area contributed by atoms with Crippen LogP contribution < -0.4 is 5.32 Å². The van der Waals surface area contributed by atoms with Gasteiger partial charge < -0.3 is 14.8 Å². The van der Waals surface area contributed by atoms with Gasteiger partial charge in [0.25, 0.3) is 0 Å². The SMILES string of the molecule is Cc1cc(C(C)(O)CNC(=O)Cc2ccccc2Cl)c(C)o1. The second-order valence-corrected chi connectivity index (χ2v) is 6.05. The highest BCUT2D eigenvalue weighted by Crippen LogP contribution is 2.26. The molecule has 2 aromatic rings. The Morgan fingerprint density at radius 1 is 1.36 bits per heavy atom. The average Bonchev–Trinajstić information content (AvgIpc) is 2.79. The predicted molar refractivity (Wildman–Crippen MR) is 85.9 cm³/mol. The number of aliphatic hydroxyl groups is 1. The zero-order valence-corrected chi connectivity index (χ0v) is 13.7. The molecule has 0 saturated heterocycles. The van der Waals surface area contributed by atoms with E-state index in [9.17, 15) is 9.90 Å². The summed E-state index contributed by atoms with van der Waals surface area (Å²) >= 11 is 6.04. The number of hydrogen-bond acceptors (Lipinski definition) is 3. The van der Waals surface area contributed by atoms with Crippen molar-refractivity contribution in [2.45, 2.75) is 32.8 Å². The zero-order chi connectivity index (χ0) is 16.3. The smallest absolute Gasteiger partial charge is 0.224 e. The molecule has 4 nitrogen and oxygen atoms in total. The monoisotopic (exact) mass is 321 g/mol. The van der Waals surface area contributed by atoms with Crippen molar-refractivity contribution in [1.82, 2.24) is 5.32 Å². The maximum absolute atomic E-state index is 12.0. The first-order valence-corrected chi connectivity index (χ1v) is 7.47. The summed E-state index contributed by atoms with van der Waals surface area (Å²) < 4.78 is 5.43. The van der Waals surface area contributed by atoms with Crippen LogP contribution >= 0.6 is 11.6 Å². The maximum Gasteiger partial charge on any atom is 0.224 e. The summed E-state index contributed by atoms with van der Waals surface area (Å²) in [7, 11) is 0. The Bertz CT molecular complexity index is 676. The number of halogens is 1. The van der Waals surface area contributed by atoms with Gasteiger partial charge >= 0.3 is 0 Å². The minimum atomic E-state index is -1.18. The van der Waals surface area contributed by atoms with Gasteiger partial charge in [-0.25, -0.2) is 0 Å². The number of furan rings is 1. The van der Waals surface area contributed by atoms with Gasteiger partial charge in [0, 0.05) is 10.6 Å². The first-order chi connectivity index (χ1) is 10.3. The van der Waals surface area contributed by atoms with Crippen LogP contribution in [-0.4, -0.2) is 17.6 Å². The van der Waals surface area contributed by atoms with Crippen molar-refractivity contribution in [2.75, 3.05) is 6.54 Å². The Kier molecular flexibility index (Phi) is 4.94. The van der Waals surface area contributed by atoms with Gasteiger partial charge in [0.1, 0.15) is 17.1 Å². The Morgan fingerprint density at radius 2 is 2.05 bits per heavy atom. The molecule has 1 atom stereocenters. The van der Waals surface area contributed by atoms with Crippen molar-refractivity contribution < 1.29 is 14.3 Å². The molecule has 2 N–H and O–H groups in total. The van der Waals surface area contributed by atoms with Crippen molar-refractivity contribution in [3.63, 3.8) is 0 Å². The molecule has 22 heavy (non-hydrogen) atoms. The van der Waals surface area contributed by atoms with E-state index in [1.807, 2.05) is 25.1 Å². The molecule has 1 aromatic carbocycles. The van der Waals surface area contributed by atoms with Crippen molar-refractivity contribution in [1.29, 1.82) is 0 Å². The molecule has 1 amide bonds. The minimum absolute atomic E-state index is 0.107. The summed E-state index contributed by atoms with van der Waals surface area (Å²) in [6.45, 7) is 5.38. The van der Waals surface area contributed by atoms with E-state index in [4.69, 9.17) is 16.0 Å². The number of rotatable bonds is 5. The summed E-state index contributed by atoms with van der Waals surface area (Å²) in [6.07, 6.45) is 0.180. The Labute approximate surface area is 135 Å². The molecule has 0 bridgehead atoms. The number of amides is 1. The van der Waals surface area contributed by atoms with Crippen LogP contribution in [0, 0.1) is 13.8 Å². The van der Waals surface area contributed by atoms with Crippen LogP contribution in [0.2, 0.25) is 5.02 Å². The second-order valence-electron chi connectivity index (χ2n) is 5.65. The number of benzene rings is 1. The maximum atomic E-state index is 12.0. The fourth-order valence-corrected chi connectivity index (χ4v) is 2.61. The molecule has 5 heteroatoms. The highest BCUT2D eigenvalue weighted by molar-refractivity contribution is 6.31. The number of aryl methyl sites for hydroxylation is 2. The highest BCUT2D eigenvalue weighted by Gasteiger charge is 2.28. The number of carbonyl (C=O) groups excluding carboxylic acids is 1. The van der Waals surface area contributed by atoms with Gasteiger partial charge in [-0.05, 0) is 38.5 Å². The van der Waals surface area contributed by atoms with E-state index in [0.717, 1.165) is 11.3 Å². The van der Waals surface area contributed by atoms with Gasteiger partial charge in [-0.3, -0.25) is 4.79 Å². The first kappa shape index (κ1) is 16.6. The molecule has 1 aromatic heterocycles. The van der Waals surface area contributed by atoms with E-state index >= 15 is 0 Å². The minimum Gasteiger partial charge on any atom is -0.466 e. The van der Waals surface area contributed by atoms with Gasteiger partial charge in [-0.15, -0.1) is 0 Å². The molecule has 2 rings (SSSR count). The number of nitrogens with one attached hydrogen (secondary N) is 1. The summed E-state index contributed by atoms with van der Waals surface area (Å²) in [4.78, 5) is 12.0. The third-order valence-corrected chi connectivity index (χ3v) is 3.93. The molecule has 0 radical (unpaired) electrons. The van der Waals surface area contributed by atoms with E-state index < -0.39 is 5.60 Å². The van der Waals surface area contributed by atoms with Crippen LogP contribution in [0.15, 0.2) is 34.7 Å². The summed E-state index contributed by atoms with van der Waals surface area (Å²) in [5.74, 6) is 1.20. The lowest BCUT2D eigenvalue weighted by atomic mass is 9.96. The molecule has 0 aliphatic rings. The average molecular weight is 322 g/mol. The summed E-state index contributed by atoms with van der Waals surface area (Å²) in [6, 6.07) is 9.00. The highest BCUT2D eigenvalue weighted by atomic mass is 35.5. The third-order valence-electron chi connectivity index (χ3n) is 3.56. The molecule has 0 fully saturated rings. The molecular weight excluding hydrogens is 302 g/mol. The van der Waals surface area contributed by atoms with Crippen LogP contribution in [0.25, 0.3) is 0 Å². The normalized spacial score (nSPS) is 13.7. The summed E-state index contributed by atoms with van der Waals surface area (Å²) in [5.41, 5.74) is 0.262. The van der Waals surface area contributed by atoms with E-state index in [-0.39, 0.29) is 18.9 Å². The van der Waals surface area contributed by atoms with Crippen molar-refractivity contribution >= 4 is 17.5 Å². The molecule has 0 aliphatic heterocycles. The van der Waals surface area contributed by atoms with Crippen LogP contribution in [0.4, 0.5) is 0 Å². The van der Waals surface area contributed by atoms with E-state index in [1.54, 1.807) is 26.0 Å². The van der Waals surface area contributed by atoms with Gasteiger partial charge in [0.2, 0.25) is 5.91 Å². The molecule has 0 saturated carbocycles. The lowest BCUT2D eigenvalue weighted by Gasteiger charge is -2.23. The standard InChI is InChI=1S/C17H20ClNO3/c1-11-8-14(12(2)22-11)17(3,21)10-19-16(20)9-13-6-4-5-7-15(13)18/h4-8,21H,9-10H2,1-3H3,(H,19,20). The number of carbonyl (C=O) groups is 1. The topological polar surface area (TPSA) is 62.5 Å². The van der Waals surface area contributed by atoms with Crippen molar-refractivity contribution in [3.05, 3.63) is 58.0 Å². The Balaban J connectivity index is 1.98. The molecule has 1 heterocycles. The molecule has 1 unspecified atom stereocenters. The van der Waals surface area contributed by atoms with E-state index in [0.29, 0.717) is 16.3 Å². The van der Waals surface area contributed by atoms with Crippen LogP contribution in [0.1, 0.15) is 29.6 Å². The van der Waals surface area contributed by atoms with Crippen molar-refractivity contribution in [2.24, 2.45) is 0 Å². The third kappa shape index (κ3) is 3.90. The quantitative estimate of drug-likeness (QED) is 0.889. The second kappa shape index (κ2) is 6.55. The number of hydrogen-bond donors (Lipinski definition) is 2. The lowest BCUT2D eigenvalue weighted by Crippen LogP contribution is -2.39. The fraction of sp³-hybridized carbons (Fsp3) is 0.353. The van der Waals surface area contributed by atoms with Crippen LogP contribution in [-0.2, 0) is 16.8 Å². The zero-order valence-electron chi connectivity index (χ0n) is 12.9. The first-order valence-electron chi connectivity index (χ1n) is 7.09. The predicted octanol–water partition coefficient (Wildman–Crippen LogP) is 3.12. The molecule has 0 spiro atoms. The van der Waals surface area contributed by atoms with E-state index in [1.165, 1.54) is 0 Å². The van der Waals surface area contributed by atoms with Crippen LogP contribution in [0.3, 0.4) is 0 Å². The van der Waals surface area contributed by atoms with Gasteiger partial charge in [-0.2, -0.15) is 0 Å². The van der Waals surface area contributed by atoms with Gasteiger partial charge in [0.15, 0.2) is 0 Å². The lowest BCUT2D eigenvalue weighted by molar-refractivity contribution is -0.121. The van der Waals surface area contributed by atoms with Gasteiger partial charge in [0.05, 0.1) is 13.0 Å². The Morgan fingerprint density at radius 3 is 2.64 bits per heavy atom. The summed E-state index contributed by atoms with van der Waals surface area (Å²) in [5, 5.41) is 13.9. The fourth-order valence-electron chi connectivity index (χ4n) is 2.41.